The average Bonchev–Trinajstić information content (AvgIpc) is 2.05. The second kappa shape index (κ2) is 3.72. The molecule has 0 amide bonds. The number of rotatable bonds is 2. The van der Waals surface area contributed by atoms with E-state index in [1.165, 1.54) is 12.3 Å². The molecule has 0 spiro atoms. The number of thioether (sulfide) groups is 1. The Kier molecular flexibility index (Phi) is 2.88. The van der Waals surface area contributed by atoms with Crippen molar-refractivity contribution in [2.45, 2.75) is 12.2 Å². The van der Waals surface area contributed by atoms with Crippen molar-refractivity contribution >= 4 is 11.8 Å². The fraction of sp³-hybridized carbons (Fsp3) is 0.375. The molecule has 0 aromatic carbocycles. The van der Waals surface area contributed by atoms with E-state index < -0.39 is 0 Å². The summed E-state index contributed by atoms with van der Waals surface area (Å²) in [5.74, 6) is -0.276. The molecule has 11 heavy (non-hydrogen) atoms. The van der Waals surface area contributed by atoms with Gasteiger partial charge in [-0.1, -0.05) is 0 Å². The van der Waals surface area contributed by atoms with E-state index in [0.29, 0.717) is 5.25 Å². The van der Waals surface area contributed by atoms with Gasteiger partial charge in [0, 0.05) is 5.25 Å². The highest BCUT2D eigenvalue weighted by atomic mass is 32.2. The van der Waals surface area contributed by atoms with Gasteiger partial charge in [0.1, 0.15) is 5.82 Å². The smallest absolute Gasteiger partial charge is 0.141 e. The fourth-order valence-electron chi connectivity index (χ4n) is 0.748. The highest BCUT2D eigenvalue weighted by molar-refractivity contribution is 7.98. The molecule has 0 unspecified atom stereocenters. The van der Waals surface area contributed by atoms with Crippen LogP contribution in [0.2, 0.25) is 0 Å². The molecule has 1 aromatic heterocycles. The Balaban J connectivity index is 2.81. The zero-order chi connectivity index (χ0) is 8.27. The number of pyridine rings is 1. The second-order valence-electron chi connectivity index (χ2n) is 2.28. The van der Waals surface area contributed by atoms with Crippen LogP contribution in [-0.4, -0.2) is 11.2 Å². The van der Waals surface area contributed by atoms with Gasteiger partial charge >= 0.3 is 0 Å². The van der Waals surface area contributed by atoms with E-state index in [1.807, 2.05) is 13.2 Å². The van der Waals surface area contributed by atoms with Crippen LogP contribution in [0.15, 0.2) is 18.3 Å². The van der Waals surface area contributed by atoms with E-state index in [2.05, 4.69) is 4.98 Å². The van der Waals surface area contributed by atoms with Crippen molar-refractivity contribution in [3.05, 3.63) is 29.8 Å². The Morgan fingerprint density at radius 3 is 2.73 bits per heavy atom. The SMILES string of the molecule is CS[C@H](C)c1ccc(F)cn1. The molecule has 0 bridgehead atoms. The molecule has 0 radical (unpaired) electrons. The Morgan fingerprint density at radius 1 is 1.55 bits per heavy atom. The van der Waals surface area contributed by atoms with E-state index in [4.69, 9.17) is 0 Å². The van der Waals surface area contributed by atoms with Crippen molar-refractivity contribution in [3.63, 3.8) is 0 Å². The van der Waals surface area contributed by atoms with E-state index in [0.717, 1.165) is 5.69 Å². The molecule has 0 N–H and O–H groups in total. The Morgan fingerprint density at radius 2 is 2.27 bits per heavy atom. The quantitative estimate of drug-likeness (QED) is 0.678. The summed E-state index contributed by atoms with van der Waals surface area (Å²) >= 11 is 1.70. The second-order valence-corrected chi connectivity index (χ2v) is 3.46. The minimum absolute atomic E-state index is 0.276. The van der Waals surface area contributed by atoms with Crippen LogP contribution in [0.4, 0.5) is 4.39 Å². The van der Waals surface area contributed by atoms with Crippen molar-refractivity contribution in [1.29, 1.82) is 0 Å². The summed E-state index contributed by atoms with van der Waals surface area (Å²) < 4.78 is 12.4. The topological polar surface area (TPSA) is 12.9 Å². The lowest BCUT2D eigenvalue weighted by molar-refractivity contribution is 0.619. The molecule has 3 heteroatoms. The van der Waals surface area contributed by atoms with Gasteiger partial charge in [0.25, 0.3) is 0 Å². The van der Waals surface area contributed by atoms with Crippen molar-refractivity contribution in [1.82, 2.24) is 4.98 Å². The number of aromatic nitrogens is 1. The maximum Gasteiger partial charge on any atom is 0.141 e. The van der Waals surface area contributed by atoms with Crippen LogP contribution in [0.3, 0.4) is 0 Å². The van der Waals surface area contributed by atoms with Gasteiger partial charge in [0.05, 0.1) is 11.9 Å². The molecule has 1 aromatic rings. The van der Waals surface area contributed by atoms with Gasteiger partial charge in [-0.15, -0.1) is 0 Å². The zero-order valence-corrected chi connectivity index (χ0v) is 7.36. The predicted octanol–water partition coefficient (Wildman–Crippen LogP) is 2.64. The van der Waals surface area contributed by atoms with Crippen molar-refractivity contribution in [2.24, 2.45) is 0 Å². The van der Waals surface area contributed by atoms with Crippen LogP contribution in [0.1, 0.15) is 17.9 Å². The summed E-state index contributed by atoms with van der Waals surface area (Å²) in [5, 5.41) is 0.343. The van der Waals surface area contributed by atoms with Gasteiger partial charge in [-0.2, -0.15) is 11.8 Å². The fourth-order valence-corrected chi connectivity index (χ4v) is 1.13. The van der Waals surface area contributed by atoms with Crippen molar-refractivity contribution < 1.29 is 4.39 Å². The summed E-state index contributed by atoms with van der Waals surface area (Å²) in [5.41, 5.74) is 0.930. The van der Waals surface area contributed by atoms with Crippen LogP contribution in [0.25, 0.3) is 0 Å². The van der Waals surface area contributed by atoms with Crippen LogP contribution < -0.4 is 0 Å². The monoisotopic (exact) mass is 171 g/mol. The lowest BCUT2D eigenvalue weighted by Gasteiger charge is -2.05. The Bertz CT molecular complexity index is 222. The van der Waals surface area contributed by atoms with E-state index in [-0.39, 0.29) is 5.82 Å². The summed E-state index contributed by atoms with van der Waals surface area (Å²) in [4.78, 5) is 3.95. The zero-order valence-electron chi connectivity index (χ0n) is 6.54. The molecule has 0 aliphatic rings. The first-order valence-electron chi connectivity index (χ1n) is 3.38. The molecule has 1 atom stereocenters. The molecule has 1 heterocycles. The van der Waals surface area contributed by atoms with Gasteiger partial charge in [-0.3, -0.25) is 4.98 Å². The largest absolute Gasteiger partial charge is 0.257 e. The van der Waals surface area contributed by atoms with Crippen LogP contribution in [-0.2, 0) is 0 Å². The normalized spacial score (nSPS) is 13.0. The molecule has 0 aliphatic heterocycles. The molecule has 0 aliphatic carbocycles. The first-order valence-corrected chi connectivity index (χ1v) is 4.67. The Hall–Kier alpha value is -0.570. The van der Waals surface area contributed by atoms with E-state index in [9.17, 15) is 4.39 Å². The molecule has 0 saturated carbocycles. The summed E-state index contributed by atoms with van der Waals surface area (Å²) in [6, 6.07) is 3.16. The van der Waals surface area contributed by atoms with Gasteiger partial charge in [-0.05, 0) is 25.3 Å². The predicted molar refractivity (Wildman–Crippen MR) is 46.1 cm³/mol. The van der Waals surface area contributed by atoms with Gasteiger partial charge in [0.15, 0.2) is 0 Å². The number of halogens is 1. The molecule has 1 rings (SSSR count). The molecular weight excluding hydrogens is 161 g/mol. The summed E-state index contributed by atoms with van der Waals surface area (Å²) in [6.07, 6.45) is 3.26. The van der Waals surface area contributed by atoms with Crippen LogP contribution in [0, 0.1) is 5.82 Å². The number of hydrogen-bond acceptors (Lipinski definition) is 2. The third kappa shape index (κ3) is 2.19. The molecule has 0 fully saturated rings. The summed E-state index contributed by atoms with van der Waals surface area (Å²) in [6.45, 7) is 2.05. The molecule has 0 saturated heterocycles. The lowest BCUT2D eigenvalue weighted by Crippen LogP contribution is -1.91. The first kappa shape index (κ1) is 8.53. The summed E-state index contributed by atoms with van der Waals surface area (Å²) in [7, 11) is 0. The minimum Gasteiger partial charge on any atom is -0.257 e. The van der Waals surface area contributed by atoms with Crippen molar-refractivity contribution in [2.75, 3.05) is 6.26 Å². The van der Waals surface area contributed by atoms with E-state index >= 15 is 0 Å². The molecule has 60 valence electrons. The maximum absolute atomic E-state index is 12.4. The van der Waals surface area contributed by atoms with Crippen LogP contribution >= 0.6 is 11.8 Å². The lowest BCUT2D eigenvalue weighted by atomic mass is 10.3. The first-order chi connectivity index (χ1) is 5.24. The Labute approximate surface area is 70.0 Å². The van der Waals surface area contributed by atoms with Gasteiger partial charge in [0.2, 0.25) is 0 Å². The number of nitrogens with zero attached hydrogens (tertiary/aromatic N) is 1. The molecule has 1 nitrogen and oxygen atoms in total. The van der Waals surface area contributed by atoms with Crippen LogP contribution in [0.5, 0.6) is 0 Å². The van der Waals surface area contributed by atoms with Gasteiger partial charge < -0.3 is 0 Å². The standard InChI is InChI=1S/C8H10FNS/c1-6(11-2)8-4-3-7(9)5-10-8/h3-6H,1-2H3/t6-/m1/s1. The maximum atomic E-state index is 12.4. The average molecular weight is 171 g/mol. The van der Waals surface area contributed by atoms with Gasteiger partial charge in [-0.25, -0.2) is 4.39 Å². The minimum atomic E-state index is -0.276. The molecular formula is C8H10FNS. The third-order valence-electron chi connectivity index (χ3n) is 1.52. The third-order valence-corrected chi connectivity index (χ3v) is 2.47. The highest BCUT2D eigenvalue weighted by Crippen LogP contribution is 2.23. The van der Waals surface area contributed by atoms with E-state index in [1.54, 1.807) is 17.8 Å². The highest BCUT2D eigenvalue weighted by Gasteiger charge is 2.03. The van der Waals surface area contributed by atoms with Crippen molar-refractivity contribution in [3.8, 4) is 0 Å². The number of hydrogen-bond donors (Lipinski definition) is 0.